The highest BCUT2D eigenvalue weighted by atomic mass is 16.4. The van der Waals surface area contributed by atoms with Gasteiger partial charge in [-0.3, -0.25) is 4.90 Å². The average Bonchev–Trinajstić information content (AvgIpc) is 2.92. The monoisotopic (exact) mass is 288 g/mol. The molecule has 110 valence electrons. The van der Waals surface area contributed by atoms with Crippen molar-refractivity contribution < 1.29 is 15.0 Å². The molecule has 1 unspecified atom stereocenters. The first-order chi connectivity index (χ1) is 10.1. The van der Waals surface area contributed by atoms with Crippen molar-refractivity contribution in [3.63, 3.8) is 0 Å². The number of aliphatic hydroxyl groups excluding tert-OH is 1. The van der Waals surface area contributed by atoms with Gasteiger partial charge in [0.25, 0.3) is 0 Å². The maximum Gasteiger partial charge on any atom is 0.358 e. The number of aromatic nitrogens is 3. The Labute approximate surface area is 121 Å². The molecule has 7 heteroatoms. The molecule has 1 aromatic carbocycles. The topological polar surface area (TPSA) is 91.5 Å². The molecule has 7 nitrogen and oxygen atoms in total. The van der Waals surface area contributed by atoms with Crippen LogP contribution in [0.15, 0.2) is 36.5 Å². The largest absolute Gasteiger partial charge is 0.476 e. The number of benzene rings is 1. The van der Waals surface area contributed by atoms with E-state index in [1.54, 1.807) is 4.68 Å². The van der Waals surface area contributed by atoms with Crippen molar-refractivity contribution in [2.75, 3.05) is 19.6 Å². The van der Waals surface area contributed by atoms with Crippen LogP contribution in [0, 0.1) is 0 Å². The number of hydrogen-bond donors (Lipinski definition) is 2. The minimum Gasteiger partial charge on any atom is -0.476 e. The van der Waals surface area contributed by atoms with Gasteiger partial charge in [0.15, 0.2) is 5.69 Å². The molecule has 2 aromatic rings. The van der Waals surface area contributed by atoms with Crippen LogP contribution in [0.1, 0.15) is 28.2 Å². The molecular weight excluding hydrogens is 272 g/mol. The van der Waals surface area contributed by atoms with E-state index in [1.165, 1.54) is 6.20 Å². The van der Waals surface area contributed by atoms with Crippen LogP contribution < -0.4 is 0 Å². The van der Waals surface area contributed by atoms with Crippen molar-refractivity contribution in [1.29, 1.82) is 0 Å². The van der Waals surface area contributed by atoms with Crippen molar-refractivity contribution in [3.8, 4) is 0 Å². The highest BCUT2D eigenvalue weighted by molar-refractivity contribution is 5.84. The van der Waals surface area contributed by atoms with Crippen LogP contribution in [0.3, 0.4) is 0 Å². The van der Waals surface area contributed by atoms with Gasteiger partial charge < -0.3 is 10.2 Å². The van der Waals surface area contributed by atoms with E-state index in [2.05, 4.69) is 15.2 Å². The summed E-state index contributed by atoms with van der Waals surface area (Å²) in [7, 11) is 0. The number of nitrogens with zero attached hydrogens (tertiary/aromatic N) is 4. The fraction of sp³-hybridized carbons (Fsp3) is 0.357. The molecule has 1 aliphatic rings. The fourth-order valence-electron chi connectivity index (χ4n) is 2.44. The number of likely N-dealkylation sites (tertiary alicyclic amines) is 1. The maximum absolute atomic E-state index is 10.8. The summed E-state index contributed by atoms with van der Waals surface area (Å²) in [5.41, 5.74) is 0.854. The van der Waals surface area contributed by atoms with Crippen LogP contribution in [0.5, 0.6) is 0 Å². The van der Waals surface area contributed by atoms with Gasteiger partial charge in [-0.1, -0.05) is 35.5 Å². The third-order valence-electron chi connectivity index (χ3n) is 3.66. The molecule has 1 fully saturated rings. The number of carboxylic acids is 1. The molecule has 0 amide bonds. The second-order valence-corrected chi connectivity index (χ2v) is 5.19. The van der Waals surface area contributed by atoms with Crippen LogP contribution in [-0.2, 0) is 0 Å². The normalized spacial score (nSPS) is 17.4. The van der Waals surface area contributed by atoms with Crippen LogP contribution in [-0.4, -0.2) is 55.7 Å². The summed E-state index contributed by atoms with van der Waals surface area (Å²) in [4.78, 5) is 12.9. The third kappa shape index (κ3) is 2.93. The maximum atomic E-state index is 10.8. The number of hydrogen-bond acceptors (Lipinski definition) is 5. The molecule has 0 saturated carbocycles. The Balaban J connectivity index is 1.52. The van der Waals surface area contributed by atoms with E-state index in [-0.39, 0.29) is 11.7 Å². The molecule has 1 aromatic heterocycles. The lowest BCUT2D eigenvalue weighted by Crippen LogP contribution is -2.49. The van der Waals surface area contributed by atoms with Crippen LogP contribution in [0.4, 0.5) is 0 Å². The first kappa shape index (κ1) is 13.7. The lowest BCUT2D eigenvalue weighted by Gasteiger charge is -2.39. The predicted molar refractivity (Wildman–Crippen MR) is 73.9 cm³/mol. The minimum absolute atomic E-state index is 0.0437. The quantitative estimate of drug-likeness (QED) is 0.835. The molecule has 2 N–H and O–H groups in total. The smallest absolute Gasteiger partial charge is 0.358 e. The molecule has 0 radical (unpaired) electrons. The van der Waals surface area contributed by atoms with E-state index in [9.17, 15) is 9.90 Å². The number of β-amino-alcohol motifs (C(OH)–C–C–N with tert-alkyl or cyclic N) is 1. The zero-order valence-corrected chi connectivity index (χ0v) is 11.3. The SMILES string of the molecule is O=C(O)c1cn(C2CN(CC(O)c3ccccc3)C2)nn1. The predicted octanol–water partition coefficient (Wildman–Crippen LogP) is 0.567. The number of rotatable bonds is 5. The summed E-state index contributed by atoms with van der Waals surface area (Å²) >= 11 is 0. The van der Waals surface area contributed by atoms with E-state index in [0.29, 0.717) is 6.54 Å². The van der Waals surface area contributed by atoms with Crippen LogP contribution in [0.2, 0.25) is 0 Å². The van der Waals surface area contributed by atoms with Gasteiger partial charge in [0, 0.05) is 19.6 Å². The second-order valence-electron chi connectivity index (χ2n) is 5.19. The summed E-state index contributed by atoms with van der Waals surface area (Å²) in [5.74, 6) is -1.07. The van der Waals surface area contributed by atoms with Crippen molar-refractivity contribution in [3.05, 3.63) is 47.8 Å². The van der Waals surface area contributed by atoms with Crippen molar-refractivity contribution in [2.24, 2.45) is 0 Å². The van der Waals surface area contributed by atoms with Gasteiger partial charge in [0.2, 0.25) is 0 Å². The summed E-state index contributed by atoms with van der Waals surface area (Å²) in [6.07, 6.45) is 0.926. The third-order valence-corrected chi connectivity index (χ3v) is 3.66. The van der Waals surface area contributed by atoms with E-state index in [1.807, 2.05) is 30.3 Å². The summed E-state index contributed by atoms with van der Waals surface area (Å²) in [5, 5.41) is 26.4. The highest BCUT2D eigenvalue weighted by Gasteiger charge is 2.31. The van der Waals surface area contributed by atoms with Crippen LogP contribution in [0.25, 0.3) is 0 Å². The second kappa shape index (κ2) is 5.63. The fourth-order valence-corrected chi connectivity index (χ4v) is 2.44. The van der Waals surface area contributed by atoms with Gasteiger partial charge in [0.05, 0.1) is 18.3 Å². The summed E-state index contributed by atoms with van der Waals surface area (Å²) < 4.78 is 1.58. The van der Waals surface area contributed by atoms with Crippen molar-refractivity contribution in [2.45, 2.75) is 12.1 Å². The van der Waals surface area contributed by atoms with Gasteiger partial charge in [0.1, 0.15) is 0 Å². The highest BCUT2D eigenvalue weighted by Crippen LogP contribution is 2.23. The Hall–Kier alpha value is -2.25. The van der Waals surface area contributed by atoms with E-state index in [0.717, 1.165) is 18.7 Å². The molecule has 21 heavy (non-hydrogen) atoms. The standard InChI is InChI=1S/C14H16N4O3/c19-13(10-4-2-1-3-5-10)9-17-6-11(7-17)18-8-12(14(20)21)15-16-18/h1-5,8,11,13,19H,6-7,9H2,(H,20,21). The van der Waals surface area contributed by atoms with Crippen molar-refractivity contribution in [1.82, 2.24) is 19.9 Å². The molecule has 0 spiro atoms. The summed E-state index contributed by atoms with van der Waals surface area (Å²) in [6.45, 7) is 2.01. The first-order valence-corrected chi connectivity index (χ1v) is 6.74. The molecule has 1 aliphatic heterocycles. The molecule has 1 atom stereocenters. The first-order valence-electron chi connectivity index (χ1n) is 6.74. The Morgan fingerprint density at radius 1 is 1.33 bits per heavy atom. The number of carboxylic acid groups (broad SMARTS) is 1. The van der Waals surface area contributed by atoms with Gasteiger partial charge >= 0.3 is 5.97 Å². The molecular formula is C14H16N4O3. The lowest BCUT2D eigenvalue weighted by molar-refractivity contribution is 0.0395. The van der Waals surface area contributed by atoms with Gasteiger partial charge in [-0.05, 0) is 5.56 Å². The van der Waals surface area contributed by atoms with Crippen molar-refractivity contribution >= 4 is 5.97 Å². The molecule has 0 bridgehead atoms. The van der Waals surface area contributed by atoms with Gasteiger partial charge in [-0.15, -0.1) is 5.10 Å². The Morgan fingerprint density at radius 2 is 2.05 bits per heavy atom. The number of carbonyl (C=O) groups is 1. The van der Waals surface area contributed by atoms with Gasteiger partial charge in [-0.25, -0.2) is 9.48 Å². The molecule has 2 heterocycles. The Bertz CT molecular complexity index is 622. The zero-order chi connectivity index (χ0) is 14.8. The lowest BCUT2D eigenvalue weighted by atomic mass is 10.1. The molecule has 3 rings (SSSR count). The van der Waals surface area contributed by atoms with Gasteiger partial charge in [-0.2, -0.15) is 0 Å². The number of aromatic carboxylic acids is 1. The Morgan fingerprint density at radius 3 is 2.67 bits per heavy atom. The van der Waals surface area contributed by atoms with E-state index >= 15 is 0 Å². The van der Waals surface area contributed by atoms with E-state index in [4.69, 9.17) is 5.11 Å². The minimum atomic E-state index is -1.07. The van der Waals surface area contributed by atoms with E-state index < -0.39 is 12.1 Å². The molecule has 0 aliphatic carbocycles. The van der Waals surface area contributed by atoms with Crippen LogP contribution >= 0.6 is 0 Å². The average molecular weight is 288 g/mol. The molecule has 1 saturated heterocycles. The number of aliphatic hydroxyl groups is 1. The zero-order valence-electron chi connectivity index (χ0n) is 11.3. The summed E-state index contributed by atoms with van der Waals surface area (Å²) in [6, 6.07) is 9.65. The Kier molecular flexibility index (Phi) is 3.68.